The summed E-state index contributed by atoms with van der Waals surface area (Å²) in [6, 6.07) is 4.60. The lowest BCUT2D eigenvalue weighted by Crippen LogP contribution is -2.47. The Labute approximate surface area is 125 Å². The number of hydrogen-bond acceptors (Lipinski definition) is 1. The molecule has 1 aliphatic carbocycles. The van der Waals surface area contributed by atoms with Crippen molar-refractivity contribution in [3.63, 3.8) is 0 Å². The molecule has 0 aliphatic heterocycles. The third-order valence-electron chi connectivity index (χ3n) is 5.23. The molecule has 0 spiro atoms. The van der Waals surface area contributed by atoms with E-state index >= 15 is 0 Å². The number of hydrogen-bond donors (Lipinski definition) is 1. The van der Waals surface area contributed by atoms with Crippen LogP contribution in [0.25, 0.3) is 0 Å². The molecule has 20 heavy (non-hydrogen) atoms. The molecule has 0 radical (unpaired) electrons. The Balaban J connectivity index is 2.20. The van der Waals surface area contributed by atoms with Crippen LogP contribution in [0.2, 0.25) is 0 Å². The van der Waals surface area contributed by atoms with Crippen molar-refractivity contribution in [1.82, 2.24) is 0 Å². The first-order valence-electron chi connectivity index (χ1n) is 8.16. The Morgan fingerprint density at radius 1 is 1.20 bits per heavy atom. The van der Waals surface area contributed by atoms with E-state index in [-0.39, 0.29) is 5.54 Å². The summed E-state index contributed by atoms with van der Waals surface area (Å²) in [7, 11) is 0. The lowest BCUT2D eigenvalue weighted by Gasteiger charge is -2.40. The van der Waals surface area contributed by atoms with Crippen LogP contribution in [0.1, 0.15) is 61.8 Å². The summed E-state index contributed by atoms with van der Waals surface area (Å²) in [6.45, 7) is 11.3. The van der Waals surface area contributed by atoms with Gasteiger partial charge in [0.2, 0.25) is 0 Å². The predicted octanol–water partition coefficient (Wildman–Crippen LogP) is 4.70. The van der Waals surface area contributed by atoms with Gasteiger partial charge in [-0.1, -0.05) is 44.4 Å². The van der Waals surface area contributed by atoms with Gasteiger partial charge >= 0.3 is 0 Å². The Morgan fingerprint density at radius 2 is 1.80 bits per heavy atom. The molecular weight excluding hydrogens is 242 g/mol. The second kappa shape index (κ2) is 5.89. The molecule has 1 saturated carbocycles. The van der Waals surface area contributed by atoms with Crippen LogP contribution in [0.15, 0.2) is 12.1 Å². The van der Waals surface area contributed by atoms with E-state index in [0.29, 0.717) is 0 Å². The minimum absolute atomic E-state index is 0.0119. The summed E-state index contributed by atoms with van der Waals surface area (Å²) < 4.78 is 0. The van der Waals surface area contributed by atoms with E-state index in [0.717, 1.165) is 18.3 Å². The Morgan fingerprint density at radius 3 is 2.35 bits per heavy atom. The van der Waals surface area contributed by atoms with Crippen LogP contribution in [0.4, 0.5) is 0 Å². The Kier molecular flexibility index (Phi) is 4.59. The van der Waals surface area contributed by atoms with Crippen LogP contribution in [0.5, 0.6) is 0 Å². The quantitative estimate of drug-likeness (QED) is 0.849. The maximum Gasteiger partial charge on any atom is 0.0198 e. The van der Waals surface area contributed by atoms with E-state index in [9.17, 15) is 0 Å². The monoisotopic (exact) mass is 273 g/mol. The van der Waals surface area contributed by atoms with Crippen molar-refractivity contribution in [2.45, 2.75) is 72.3 Å². The third-order valence-corrected chi connectivity index (χ3v) is 5.23. The molecule has 0 saturated heterocycles. The van der Waals surface area contributed by atoms with Gasteiger partial charge < -0.3 is 5.73 Å². The van der Waals surface area contributed by atoms with Crippen molar-refractivity contribution in [2.75, 3.05) is 0 Å². The predicted molar refractivity (Wildman–Crippen MR) is 88.1 cm³/mol. The standard InChI is InChI=1S/C19H31N/c1-13(2)17-7-6-8-19(20,11-17)12-18-15(4)9-14(3)10-16(18)5/h9-10,13,17H,6-8,11-12,20H2,1-5H3. The van der Waals surface area contributed by atoms with Gasteiger partial charge in [0.1, 0.15) is 0 Å². The molecule has 0 heterocycles. The maximum atomic E-state index is 6.80. The topological polar surface area (TPSA) is 26.0 Å². The number of nitrogens with two attached hydrogens (primary N) is 1. The van der Waals surface area contributed by atoms with Gasteiger partial charge in [0.15, 0.2) is 0 Å². The average molecular weight is 273 g/mol. The average Bonchev–Trinajstić information content (AvgIpc) is 2.34. The van der Waals surface area contributed by atoms with E-state index in [2.05, 4.69) is 46.8 Å². The highest BCUT2D eigenvalue weighted by Crippen LogP contribution is 2.37. The minimum Gasteiger partial charge on any atom is -0.325 e. The SMILES string of the molecule is Cc1cc(C)c(CC2(N)CCCC(C(C)C)C2)c(C)c1. The van der Waals surface area contributed by atoms with Gasteiger partial charge in [-0.05, 0) is 68.6 Å². The summed E-state index contributed by atoms with van der Waals surface area (Å²) in [4.78, 5) is 0. The zero-order valence-electron chi connectivity index (χ0n) is 13.9. The van der Waals surface area contributed by atoms with E-state index in [1.54, 1.807) is 0 Å². The molecule has 2 N–H and O–H groups in total. The highest BCUT2D eigenvalue weighted by Gasteiger charge is 2.34. The fourth-order valence-corrected chi connectivity index (χ4v) is 4.01. The van der Waals surface area contributed by atoms with E-state index in [1.807, 2.05) is 0 Å². The molecule has 0 aromatic heterocycles. The molecule has 1 heteroatoms. The van der Waals surface area contributed by atoms with Crippen molar-refractivity contribution >= 4 is 0 Å². The lowest BCUT2D eigenvalue weighted by atomic mass is 9.69. The molecule has 2 atom stereocenters. The fourth-order valence-electron chi connectivity index (χ4n) is 4.01. The Hall–Kier alpha value is -0.820. The van der Waals surface area contributed by atoms with Gasteiger partial charge in [0, 0.05) is 5.54 Å². The lowest BCUT2D eigenvalue weighted by molar-refractivity contribution is 0.182. The molecule has 0 bridgehead atoms. The van der Waals surface area contributed by atoms with Gasteiger partial charge in [-0.15, -0.1) is 0 Å². The normalized spacial score (nSPS) is 27.1. The molecule has 2 unspecified atom stereocenters. The highest BCUT2D eigenvalue weighted by molar-refractivity contribution is 5.38. The van der Waals surface area contributed by atoms with E-state index in [1.165, 1.54) is 47.9 Å². The largest absolute Gasteiger partial charge is 0.325 e. The first-order chi connectivity index (χ1) is 9.31. The summed E-state index contributed by atoms with van der Waals surface area (Å²) in [5.74, 6) is 1.57. The smallest absolute Gasteiger partial charge is 0.0198 e. The van der Waals surface area contributed by atoms with Crippen molar-refractivity contribution in [2.24, 2.45) is 17.6 Å². The summed E-state index contributed by atoms with van der Waals surface area (Å²) in [6.07, 6.45) is 6.08. The van der Waals surface area contributed by atoms with Crippen LogP contribution in [0, 0.1) is 32.6 Å². The molecule has 1 aliphatic rings. The van der Waals surface area contributed by atoms with Crippen molar-refractivity contribution in [3.8, 4) is 0 Å². The van der Waals surface area contributed by atoms with Gasteiger partial charge in [0.05, 0.1) is 0 Å². The van der Waals surface area contributed by atoms with Crippen LogP contribution < -0.4 is 5.73 Å². The molecule has 1 aromatic rings. The maximum absolute atomic E-state index is 6.80. The van der Waals surface area contributed by atoms with Gasteiger partial charge in [-0.2, -0.15) is 0 Å². The first kappa shape index (κ1) is 15.6. The fraction of sp³-hybridized carbons (Fsp3) is 0.684. The van der Waals surface area contributed by atoms with Crippen molar-refractivity contribution < 1.29 is 0 Å². The molecular formula is C19H31N. The second-order valence-electron chi connectivity index (χ2n) is 7.52. The summed E-state index contributed by atoms with van der Waals surface area (Å²) >= 11 is 0. The Bertz CT molecular complexity index is 452. The molecule has 1 fully saturated rings. The van der Waals surface area contributed by atoms with E-state index in [4.69, 9.17) is 5.73 Å². The summed E-state index contributed by atoms with van der Waals surface area (Å²) in [5.41, 5.74) is 12.5. The molecule has 0 amide bonds. The molecule has 112 valence electrons. The number of aryl methyl sites for hydroxylation is 3. The van der Waals surface area contributed by atoms with Crippen LogP contribution in [0.3, 0.4) is 0 Å². The highest BCUT2D eigenvalue weighted by atomic mass is 14.7. The molecule has 2 rings (SSSR count). The summed E-state index contributed by atoms with van der Waals surface area (Å²) in [5, 5.41) is 0. The zero-order valence-corrected chi connectivity index (χ0v) is 13.9. The first-order valence-corrected chi connectivity index (χ1v) is 8.16. The van der Waals surface area contributed by atoms with Gasteiger partial charge in [-0.3, -0.25) is 0 Å². The van der Waals surface area contributed by atoms with Crippen LogP contribution >= 0.6 is 0 Å². The van der Waals surface area contributed by atoms with E-state index < -0.39 is 0 Å². The third kappa shape index (κ3) is 3.44. The van der Waals surface area contributed by atoms with Crippen molar-refractivity contribution in [3.05, 3.63) is 34.4 Å². The van der Waals surface area contributed by atoms with Gasteiger partial charge in [0.25, 0.3) is 0 Å². The van der Waals surface area contributed by atoms with Crippen LogP contribution in [-0.2, 0) is 6.42 Å². The zero-order chi connectivity index (χ0) is 14.9. The van der Waals surface area contributed by atoms with Crippen molar-refractivity contribution in [1.29, 1.82) is 0 Å². The van der Waals surface area contributed by atoms with Gasteiger partial charge in [-0.25, -0.2) is 0 Å². The second-order valence-corrected chi connectivity index (χ2v) is 7.52. The molecule has 1 nitrogen and oxygen atoms in total. The number of rotatable bonds is 3. The number of benzene rings is 1. The molecule has 1 aromatic carbocycles. The minimum atomic E-state index is 0.0119. The van der Waals surface area contributed by atoms with Crippen LogP contribution in [-0.4, -0.2) is 5.54 Å².